The summed E-state index contributed by atoms with van der Waals surface area (Å²) >= 11 is 0. The van der Waals surface area contributed by atoms with Gasteiger partial charge in [0.25, 0.3) is 11.8 Å². The Kier molecular flexibility index (Phi) is 3.14. The molecule has 1 fully saturated rings. The first-order valence-electron chi connectivity index (χ1n) is 6.93. The number of carbonyl (C=O) groups excluding carboxylic acids is 3. The van der Waals surface area contributed by atoms with Gasteiger partial charge in [-0.15, -0.1) is 0 Å². The molecule has 2 aliphatic rings. The normalized spacial score (nSPS) is 23.9. The van der Waals surface area contributed by atoms with Crippen LogP contribution in [0, 0.1) is 5.82 Å². The topological polar surface area (TPSA) is 113 Å². The van der Waals surface area contributed by atoms with E-state index in [4.69, 9.17) is 13.6 Å². The van der Waals surface area contributed by atoms with E-state index < -0.39 is 40.3 Å². The quantitative estimate of drug-likeness (QED) is 0.268. The zero-order chi connectivity index (χ0) is 17.1. The van der Waals surface area contributed by atoms with Gasteiger partial charge in [0.15, 0.2) is 11.6 Å². The SMILES string of the molecule is [B]c1c(N)c2c(c(O)c1F)C(=O)N([C@@]1(C)CCC(=O)NC1=O)C2. The molecule has 4 N–H and O–H groups in total. The van der Waals surface area contributed by atoms with Crippen LogP contribution in [0.1, 0.15) is 35.7 Å². The zero-order valence-corrected chi connectivity index (χ0v) is 12.3. The monoisotopic (exact) mass is 317 g/mol. The van der Waals surface area contributed by atoms with Crippen LogP contribution < -0.4 is 16.5 Å². The van der Waals surface area contributed by atoms with Gasteiger partial charge in [-0.1, -0.05) is 0 Å². The number of phenols is 1. The summed E-state index contributed by atoms with van der Waals surface area (Å²) in [5.41, 5.74) is 3.76. The number of nitrogens with one attached hydrogen (secondary N) is 1. The molecule has 0 aliphatic carbocycles. The summed E-state index contributed by atoms with van der Waals surface area (Å²) in [5, 5.41) is 12.1. The number of rotatable bonds is 1. The molecular formula is C14H13BFN3O4. The summed E-state index contributed by atoms with van der Waals surface area (Å²) in [6, 6.07) is 0. The molecule has 0 saturated carbocycles. The highest BCUT2D eigenvalue weighted by molar-refractivity contribution is 6.36. The maximum Gasteiger partial charge on any atom is 0.259 e. The van der Waals surface area contributed by atoms with Gasteiger partial charge in [0, 0.05) is 17.7 Å². The third-order valence-corrected chi connectivity index (χ3v) is 4.55. The van der Waals surface area contributed by atoms with E-state index in [0.717, 1.165) is 0 Å². The molecule has 1 aromatic carbocycles. The number of imide groups is 1. The van der Waals surface area contributed by atoms with Crippen molar-refractivity contribution < 1.29 is 23.9 Å². The van der Waals surface area contributed by atoms with Crippen molar-refractivity contribution >= 4 is 36.7 Å². The van der Waals surface area contributed by atoms with Crippen molar-refractivity contribution in [3.8, 4) is 5.75 Å². The van der Waals surface area contributed by atoms with Crippen LogP contribution in [0.3, 0.4) is 0 Å². The number of hydrogen-bond acceptors (Lipinski definition) is 5. The maximum atomic E-state index is 13.9. The van der Waals surface area contributed by atoms with Crippen LogP contribution in [0.15, 0.2) is 0 Å². The van der Waals surface area contributed by atoms with Gasteiger partial charge < -0.3 is 15.7 Å². The predicted octanol–water partition coefficient (Wildman–Crippen LogP) is -0.942. The summed E-state index contributed by atoms with van der Waals surface area (Å²) in [4.78, 5) is 37.3. The average molecular weight is 317 g/mol. The molecule has 3 amide bonds. The van der Waals surface area contributed by atoms with Crippen LogP contribution in [-0.4, -0.2) is 41.1 Å². The van der Waals surface area contributed by atoms with Gasteiger partial charge in [-0.2, -0.15) is 0 Å². The van der Waals surface area contributed by atoms with Crippen LogP contribution >= 0.6 is 0 Å². The fraction of sp³-hybridized carbons (Fsp3) is 0.357. The number of carbonyl (C=O) groups is 3. The molecular weight excluding hydrogens is 304 g/mol. The number of nitrogens with zero attached hydrogens (tertiary/aromatic N) is 1. The van der Waals surface area contributed by atoms with Crippen LogP contribution in [-0.2, 0) is 16.1 Å². The molecule has 0 bridgehead atoms. The van der Waals surface area contributed by atoms with Crippen LogP contribution in [0.2, 0.25) is 0 Å². The van der Waals surface area contributed by atoms with Gasteiger partial charge in [0.2, 0.25) is 5.91 Å². The number of amides is 3. The Balaban J connectivity index is 2.08. The number of nitrogens with two attached hydrogens (primary N) is 1. The second-order valence-electron chi connectivity index (χ2n) is 5.89. The minimum atomic E-state index is -1.30. The van der Waals surface area contributed by atoms with Crippen LogP contribution in [0.5, 0.6) is 5.75 Å². The second kappa shape index (κ2) is 4.71. The van der Waals surface area contributed by atoms with Gasteiger partial charge in [0.05, 0.1) is 12.1 Å². The maximum absolute atomic E-state index is 13.9. The van der Waals surface area contributed by atoms with Gasteiger partial charge in [-0.3, -0.25) is 19.7 Å². The minimum Gasteiger partial charge on any atom is -0.504 e. The van der Waals surface area contributed by atoms with Gasteiger partial charge in [0.1, 0.15) is 13.4 Å². The first-order valence-corrected chi connectivity index (χ1v) is 6.93. The van der Waals surface area contributed by atoms with Crippen molar-refractivity contribution in [1.82, 2.24) is 10.2 Å². The van der Waals surface area contributed by atoms with Crippen LogP contribution in [0.25, 0.3) is 0 Å². The average Bonchev–Trinajstić information content (AvgIpc) is 2.85. The molecule has 1 saturated heterocycles. The van der Waals surface area contributed by atoms with Crippen molar-refractivity contribution in [2.75, 3.05) is 5.73 Å². The number of piperidine rings is 1. The first kappa shape index (κ1) is 15.3. The van der Waals surface area contributed by atoms with E-state index in [9.17, 15) is 23.9 Å². The van der Waals surface area contributed by atoms with Gasteiger partial charge in [-0.05, 0) is 18.8 Å². The number of aromatic hydroxyl groups is 1. The number of benzene rings is 1. The van der Waals surface area contributed by atoms with E-state index in [1.54, 1.807) is 0 Å². The molecule has 0 aromatic heterocycles. The molecule has 118 valence electrons. The van der Waals surface area contributed by atoms with E-state index in [1.165, 1.54) is 11.8 Å². The van der Waals surface area contributed by atoms with Crippen molar-refractivity contribution in [3.63, 3.8) is 0 Å². The number of fused-ring (bicyclic) bond motifs is 1. The number of anilines is 1. The largest absolute Gasteiger partial charge is 0.504 e. The highest BCUT2D eigenvalue weighted by Crippen LogP contribution is 2.40. The fourth-order valence-electron chi connectivity index (χ4n) is 3.01. The Morgan fingerprint density at radius 3 is 2.65 bits per heavy atom. The summed E-state index contributed by atoms with van der Waals surface area (Å²) in [5.74, 6) is -3.81. The molecule has 9 heteroatoms. The molecule has 23 heavy (non-hydrogen) atoms. The van der Waals surface area contributed by atoms with Crippen molar-refractivity contribution in [1.29, 1.82) is 0 Å². The summed E-state index contributed by atoms with van der Waals surface area (Å²) < 4.78 is 13.9. The Labute approximate surface area is 132 Å². The van der Waals surface area contributed by atoms with Gasteiger partial charge >= 0.3 is 0 Å². The molecule has 3 rings (SSSR count). The Morgan fingerprint density at radius 1 is 1.39 bits per heavy atom. The third kappa shape index (κ3) is 1.92. The first-order chi connectivity index (χ1) is 10.7. The lowest BCUT2D eigenvalue weighted by Gasteiger charge is -2.39. The van der Waals surface area contributed by atoms with E-state index in [-0.39, 0.29) is 36.2 Å². The Bertz CT molecular complexity index is 782. The van der Waals surface area contributed by atoms with Crippen LogP contribution in [0.4, 0.5) is 10.1 Å². The fourth-order valence-corrected chi connectivity index (χ4v) is 3.01. The molecule has 1 atom stereocenters. The second-order valence-corrected chi connectivity index (χ2v) is 5.89. The molecule has 0 spiro atoms. The summed E-state index contributed by atoms with van der Waals surface area (Å²) in [6.07, 6.45) is 0.191. The molecule has 1 aromatic rings. The predicted molar refractivity (Wildman–Crippen MR) is 78.5 cm³/mol. The number of nitrogen functional groups attached to an aromatic ring is 1. The van der Waals surface area contributed by atoms with E-state index in [1.807, 2.05) is 0 Å². The highest BCUT2D eigenvalue weighted by Gasteiger charge is 2.50. The number of phenolic OH excluding ortho intramolecular Hbond substituents is 1. The molecule has 2 heterocycles. The minimum absolute atomic E-state index is 0.0698. The lowest BCUT2D eigenvalue weighted by molar-refractivity contribution is -0.142. The molecule has 0 unspecified atom stereocenters. The standard InChI is InChI=1S/C14H13BFN3O4/c1-14(3-2-6(20)18-13(14)23)19-4-5-7(12(19)22)11(21)9(16)8(15)10(5)17/h21H,2-4,17H2,1H3,(H,18,20,23)/t14-/m0/s1. The van der Waals surface area contributed by atoms with E-state index >= 15 is 0 Å². The molecule has 2 radical (unpaired) electrons. The smallest absolute Gasteiger partial charge is 0.259 e. The lowest BCUT2D eigenvalue weighted by Crippen LogP contribution is -2.61. The van der Waals surface area contributed by atoms with E-state index in [0.29, 0.717) is 0 Å². The zero-order valence-electron chi connectivity index (χ0n) is 12.3. The van der Waals surface area contributed by atoms with E-state index in [2.05, 4.69) is 5.32 Å². The summed E-state index contributed by atoms with van der Waals surface area (Å²) in [6.45, 7) is 1.40. The van der Waals surface area contributed by atoms with Gasteiger partial charge in [-0.25, -0.2) is 4.39 Å². The number of halogens is 1. The highest BCUT2D eigenvalue weighted by atomic mass is 19.1. The Morgan fingerprint density at radius 2 is 2.04 bits per heavy atom. The third-order valence-electron chi connectivity index (χ3n) is 4.55. The van der Waals surface area contributed by atoms with Crippen molar-refractivity contribution in [3.05, 3.63) is 16.9 Å². The summed E-state index contributed by atoms with van der Waals surface area (Å²) in [7, 11) is 5.49. The Hall–Kier alpha value is -2.58. The molecule has 2 aliphatic heterocycles. The lowest BCUT2D eigenvalue weighted by atomic mass is 9.88. The van der Waals surface area contributed by atoms with Crippen molar-refractivity contribution in [2.24, 2.45) is 0 Å². The number of hydrogen-bond donors (Lipinski definition) is 3. The van der Waals surface area contributed by atoms with Crippen molar-refractivity contribution in [2.45, 2.75) is 31.8 Å². The molecule has 7 nitrogen and oxygen atoms in total.